The van der Waals surface area contributed by atoms with E-state index in [4.69, 9.17) is 0 Å². The maximum atomic E-state index is 12.3. The number of nitrogens with zero attached hydrogens (tertiary/aromatic N) is 1. The normalized spacial score (nSPS) is 37.0. The van der Waals surface area contributed by atoms with Crippen molar-refractivity contribution in [2.75, 3.05) is 0 Å². The fourth-order valence-electron chi connectivity index (χ4n) is 5.21. The zero-order valence-corrected chi connectivity index (χ0v) is 12.3. The highest BCUT2D eigenvalue weighted by Crippen LogP contribution is 2.55. The van der Waals surface area contributed by atoms with Gasteiger partial charge >= 0.3 is 0 Å². The Balaban J connectivity index is 1.44. The average Bonchev–Trinajstić information content (AvgIpc) is 2.44. The number of nitrogens with one attached hydrogen (secondary N) is 1. The van der Waals surface area contributed by atoms with Gasteiger partial charge in [-0.15, -0.1) is 0 Å². The number of carbonyl (C=O) groups excluding carboxylic acids is 1. The molecule has 1 aromatic heterocycles. The molecule has 0 aliphatic heterocycles. The zero-order chi connectivity index (χ0) is 14.3. The number of hydrogen-bond donors (Lipinski definition) is 1. The first kappa shape index (κ1) is 13.1. The number of carbonyl (C=O) groups is 1. The van der Waals surface area contributed by atoms with Crippen molar-refractivity contribution in [2.24, 2.45) is 17.8 Å². The zero-order valence-electron chi connectivity index (χ0n) is 12.3. The van der Waals surface area contributed by atoms with Crippen molar-refractivity contribution in [3.63, 3.8) is 0 Å². The number of pyridine rings is 1. The minimum Gasteiger partial charge on any atom is -0.347 e. The van der Waals surface area contributed by atoms with E-state index in [1.807, 2.05) is 18.2 Å². The van der Waals surface area contributed by atoms with Crippen molar-refractivity contribution >= 4 is 12.0 Å². The molecule has 4 saturated carbocycles. The minimum absolute atomic E-state index is 0.0563. The molecule has 4 aliphatic rings. The fourth-order valence-corrected chi connectivity index (χ4v) is 5.21. The molecule has 21 heavy (non-hydrogen) atoms. The third-order valence-electron chi connectivity index (χ3n) is 5.54. The fraction of sp³-hybridized carbons (Fsp3) is 0.556. The molecule has 0 unspecified atom stereocenters. The van der Waals surface area contributed by atoms with Crippen LogP contribution >= 0.6 is 0 Å². The molecule has 1 aromatic rings. The van der Waals surface area contributed by atoms with E-state index in [2.05, 4.69) is 10.3 Å². The molecule has 0 spiro atoms. The largest absolute Gasteiger partial charge is 0.347 e. The van der Waals surface area contributed by atoms with Crippen molar-refractivity contribution in [3.05, 3.63) is 36.2 Å². The SMILES string of the molecule is O=C(/C=C/c1cccnc1)NC12CC3CC(CC(C3)C1)C2. The van der Waals surface area contributed by atoms with E-state index in [1.165, 1.54) is 38.5 Å². The maximum absolute atomic E-state index is 12.3. The quantitative estimate of drug-likeness (QED) is 0.865. The molecule has 1 N–H and O–H groups in total. The van der Waals surface area contributed by atoms with Crippen LogP contribution in [0.3, 0.4) is 0 Å². The van der Waals surface area contributed by atoms with Crippen LogP contribution in [0.2, 0.25) is 0 Å². The number of aromatic nitrogens is 1. The van der Waals surface area contributed by atoms with Crippen molar-refractivity contribution < 1.29 is 4.79 Å². The summed E-state index contributed by atoms with van der Waals surface area (Å²) in [6, 6.07) is 3.85. The summed E-state index contributed by atoms with van der Waals surface area (Å²) < 4.78 is 0. The third kappa shape index (κ3) is 2.61. The molecule has 0 aromatic carbocycles. The topological polar surface area (TPSA) is 42.0 Å². The predicted molar refractivity (Wildman–Crippen MR) is 82.3 cm³/mol. The van der Waals surface area contributed by atoms with Gasteiger partial charge in [0.25, 0.3) is 0 Å². The van der Waals surface area contributed by atoms with Crippen molar-refractivity contribution in [3.8, 4) is 0 Å². The molecule has 3 heteroatoms. The molecule has 110 valence electrons. The van der Waals surface area contributed by atoms with Crippen molar-refractivity contribution in [1.29, 1.82) is 0 Å². The summed E-state index contributed by atoms with van der Waals surface area (Å²) in [4.78, 5) is 16.3. The Labute approximate surface area is 125 Å². The van der Waals surface area contributed by atoms with Crippen molar-refractivity contribution in [1.82, 2.24) is 10.3 Å². The molecule has 1 amide bonds. The Morgan fingerprint density at radius 2 is 1.86 bits per heavy atom. The summed E-state index contributed by atoms with van der Waals surface area (Å²) in [5.41, 5.74) is 1.07. The van der Waals surface area contributed by atoms with E-state index in [1.54, 1.807) is 18.5 Å². The Kier molecular flexibility index (Phi) is 3.09. The van der Waals surface area contributed by atoms with Crippen LogP contribution in [0.5, 0.6) is 0 Å². The highest BCUT2D eigenvalue weighted by Gasteiger charge is 2.51. The summed E-state index contributed by atoms with van der Waals surface area (Å²) >= 11 is 0. The number of hydrogen-bond acceptors (Lipinski definition) is 2. The highest BCUT2D eigenvalue weighted by molar-refractivity contribution is 5.92. The molecule has 1 heterocycles. The van der Waals surface area contributed by atoms with Gasteiger partial charge in [-0.1, -0.05) is 6.07 Å². The minimum atomic E-state index is 0.0563. The van der Waals surface area contributed by atoms with E-state index in [9.17, 15) is 4.79 Å². The molecule has 0 saturated heterocycles. The molecular formula is C18H22N2O. The number of amides is 1. The van der Waals surface area contributed by atoms with E-state index in [0.717, 1.165) is 23.3 Å². The third-order valence-corrected chi connectivity index (χ3v) is 5.54. The van der Waals surface area contributed by atoms with Gasteiger partial charge in [-0.25, -0.2) is 0 Å². The summed E-state index contributed by atoms with van der Waals surface area (Å²) in [6.07, 6.45) is 14.8. The Morgan fingerprint density at radius 1 is 1.19 bits per heavy atom. The first-order chi connectivity index (χ1) is 10.2. The summed E-state index contributed by atoms with van der Waals surface area (Å²) in [7, 11) is 0. The standard InChI is InChI=1S/C18H22N2O/c21-17(4-3-13-2-1-5-19-12-13)20-18-9-14-6-15(10-18)8-16(7-14)11-18/h1-5,12,14-16H,6-11H2,(H,20,21)/b4-3+. The van der Waals surface area contributed by atoms with Gasteiger partial charge in [0, 0.05) is 24.0 Å². The Morgan fingerprint density at radius 3 is 2.43 bits per heavy atom. The van der Waals surface area contributed by atoms with Gasteiger partial charge in [0.05, 0.1) is 0 Å². The van der Waals surface area contributed by atoms with Crippen LogP contribution in [0.1, 0.15) is 44.1 Å². The lowest BCUT2D eigenvalue weighted by Crippen LogP contribution is -2.59. The average molecular weight is 282 g/mol. The first-order valence-electron chi connectivity index (χ1n) is 8.11. The lowest BCUT2D eigenvalue weighted by molar-refractivity contribution is -0.122. The molecular weight excluding hydrogens is 260 g/mol. The smallest absolute Gasteiger partial charge is 0.244 e. The van der Waals surface area contributed by atoms with E-state index < -0.39 is 0 Å². The van der Waals surface area contributed by atoms with Crippen LogP contribution in [0.4, 0.5) is 0 Å². The second-order valence-corrected chi connectivity index (χ2v) is 7.31. The van der Waals surface area contributed by atoms with Gasteiger partial charge in [-0.3, -0.25) is 9.78 Å². The van der Waals surface area contributed by atoms with Crippen LogP contribution in [-0.2, 0) is 4.79 Å². The summed E-state index contributed by atoms with van der Waals surface area (Å²) in [6.45, 7) is 0. The molecule has 3 nitrogen and oxygen atoms in total. The van der Waals surface area contributed by atoms with Crippen LogP contribution in [0.25, 0.3) is 6.08 Å². The monoisotopic (exact) mass is 282 g/mol. The molecule has 4 bridgehead atoms. The van der Waals surface area contributed by atoms with Gasteiger partial charge in [-0.2, -0.15) is 0 Å². The first-order valence-corrected chi connectivity index (χ1v) is 8.11. The lowest BCUT2D eigenvalue weighted by atomic mass is 9.53. The maximum Gasteiger partial charge on any atom is 0.244 e. The number of rotatable bonds is 3. The second-order valence-electron chi connectivity index (χ2n) is 7.31. The van der Waals surface area contributed by atoms with Gasteiger partial charge < -0.3 is 5.32 Å². The highest BCUT2D eigenvalue weighted by atomic mass is 16.1. The molecule has 0 radical (unpaired) electrons. The van der Waals surface area contributed by atoms with E-state index in [-0.39, 0.29) is 11.4 Å². The van der Waals surface area contributed by atoms with Crippen LogP contribution in [-0.4, -0.2) is 16.4 Å². The summed E-state index contributed by atoms with van der Waals surface area (Å²) in [5.74, 6) is 2.64. The summed E-state index contributed by atoms with van der Waals surface area (Å²) in [5, 5.41) is 3.35. The predicted octanol–water partition coefficient (Wildman–Crippen LogP) is 3.18. The van der Waals surface area contributed by atoms with Gasteiger partial charge in [-0.05, 0) is 74.0 Å². The molecule has 4 fully saturated rings. The van der Waals surface area contributed by atoms with E-state index in [0.29, 0.717) is 0 Å². The van der Waals surface area contributed by atoms with Crippen LogP contribution in [0.15, 0.2) is 30.6 Å². The van der Waals surface area contributed by atoms with E-state index >= 15 is 0 Å². The van der Waals surface area contributed by atoms with Gasteiger partial charge in [0.15, 0.2) is 0 Å². The van der Waals surface area contributed by atoms with Gasteiger partial charge in [0.1, 0.15) is 0 Å². The Bertz CT molecular complexity index is 529. The molecule has 4 aliphatic carbocycles. The molecule has 0 atom stereocenters. The lowest BCUT2D eigenvalue weighted by Gasteiger charge is -2.56. The molecule has 5 rings (SSSR count). The van der Waals surface area contributed by atoms with Crippen LogP contribution in [0, 0.1) is 17.8 Å². The van der Waals surface area contributed by atoms with Crippen LogP contribution < -0.4 is 5.32 Å². The van der Waals surface area contributed by atoms with Crippen molar-refractivity contribution in [2.45, 2.75) is 44.1 Å². The second kappa shape index (κ2) is 4.97. The Hall–Kier alpha value is -1.64. The van der Waals surface area contributed by atoms with Gasteiger partial charge in [0.2, 0.25) is 5.91 Å².